The van der Waals surface area contributed by atoms with Gasteiger partial charge < -0.3 is 11.1 Å². The molecule has 3 N–H and O–H groups in total. The highest BCUT2D eigenvalue weighted by atomic mass is 32.2. The smallest absolute Gasteiger partial charge is 0.237 e. The van der Waals surface area contributed by atoms with E-state index in [0.29, 0.717) is 12.2 Å². The maximum absolute atomic E-state index is 11.6. The molecule has 3 atom stereocenters. The van der Waals surface area contributed by atoms with Crippen LogP contribution in [-0.4, -0.2) is 46.2 Å². The summed E-state index contributed by atoms with van der Waals surface area (Å²) in [6.07, 6.45) is 5.08. The van der Waals surface area contributed by atoms with Gasteiger partial charge in [0.15, 0.2) is 0 Å². The van der Waals surface area contributed by atoms with E-state index in [9.17, 15) is 9.00 Å². The number of nitrogens with one attached hydrogen (secondary N) is 1. The average Bonchev–Trinajstić information content (AvgIpc) is 2.22. The summed E-state index contributed by atoms with van der Waals surface area (Å²) < 4.78 is 10.9. The Kier molecular flexibility index (Phi) is 8.97. The Balaban J connectivity index is 3.80. The van der Waals surface area contributed by atoms with Crippen molar-refractivity contribution in [2.24, 2.45) is 5.73 Å². The fraction of sp³-hybridized carbons (Fsp3) is 0.900. The second kappa shape index (κ2) is 9.01. The summed E-state index contributed by atoms with van der Waals surface area (Å²) in [5.41, 5.74) is 5.72. The molecule has 96 valence electrons. The van der Waals surface area contributed by atoms with Crippen molar-refractivity contribution in [2.75, 3.05) is 24.0 Å². The van der Waals surface area contributed by atoms with Crippen molar-refractivity contribution in [3.63, 3.8) is 0 Å². The second-order valence-electron chi connectivity index (χ2n) is 3.86. The van der Waals surface area contributed by atoms with Gasteiger partial charge in [-0.2, -0.15) is 11.8 Å². The lowest BCUT2D eigenvalue weighted by Gasteiger charge is -2.16. The largest absolute Gasteiger partial charge is 0.352 e. The number of hydrogen-bond acceptors (Lipinski definition) is 4. The van der Waals surface area contributed by atoms with Crippen molar-refractivity contribution in [1.82, 2.24) is 5.32 Å². The summed E-state index contributed by atoms with van der Waals surface area (Å²) in [4.78, 5) is 11.6. The van der Waals surface area contributed by atoms with Crippen LogP contribution >= 0.6 is 11.8 Å². The minimum absolute atomic E-state index is 0.0386. The molecule has 0 aromatic rings. The standard InChI is InChI=1S/C10H22N2O2S2/c1-8(5-7-16(3)14)12-10(13)9(11)4-6-15-2/h8-9H,4-7,11H2,1-3H3,(H,12,13)/t8?,9-,16?/m1/s1. The molecule has 0 aliphatic rings. The fourth-order valence-corrected chi connectivity index (χ4v) is 2.32. The van der Waals surface area contributed by atoms with Crippen LogP contribution in [0, 0.1) is 0 Å². The molecule has 0 aromatic carbocycles. The molecule has 0 saturated carbocycles. The lowest BCUT2D eigenvalue weighted by atomic mass is 10.2. The summed E-state index contributed by atoms with van der Waals surface area (Å²) in [6.45, 7) is 1.91. The van der Waals surface area contributed by atoms with Crippen LogP contribution in [0.3, 0.4) is 0 Å². The van der Waals surface area contributed by atoms with Gasteiger partial charge >= 0.3 is 0 Å². The number of amides is 1. The molecule has 16 heavy (non-hydrogen) atoms. The number of nitrogens with two attached hydrogens (primary N) is 1. The topological polar surface area (TPSA) is 72.2 Å². The second-order valence-corrected chi connectivity index (χ2v) is 6.40. The highest BCUT2D eigenvalue weighted by Gasteiger charge is 2.15. The molecular formula is C10H22N2O2S2. The lowest BCUT2D eigenvalue weighted by molar-refractivity contribution is -0.123. The normalized spacial score (nSPS) is 16.5. The van der Waals surface area contributed by atoms with Crippen molar-refractivity contribution in [3.8, 4) is 0 Å². The van der Waals surface area contributed by atoms with Gasteiger partial charge in [-0.1, -0.05) is 0 Å². The van der Waals surface area contributed by atoms with Gasteiger partial charge in [0, 0.05) is 28.9 Å². The third-order valence-electron chi connectivity index (χ3n) is 2.20. The van der Waals surface area contributed by atoms with Crippen molar-refractivity contribution < 1.29 is 9.00 Å². The third-order valence-corrected chi connectivity index (χ3v) is 3.65. The highest BCUT2D eigenvalue weighted by molar-refractivity contribution is 7.98. The van der Waals surface area contributed by atoms with Gasteiger partial charge in [-0.15, -0.1) is 0 Å². The molecule has 0 fully saturated rings. The summed E-state index contributed by atoms with van der Waals surface area (Å²) in [5, 5.41) is 2.84. The van der Waals surface area contributed by atoms with E-state index >= 15 is 0 Å². The van der Waals surface area contributed by atoms with Gasteiger partial charge in [-0.05, 0) is 31.8 Å². The molecule has 0 radical (unpaired) electrons. The zero-order valence-electron chi connectivity index (χ0n) is 10.2. The zero-order valence-corrected chi connectivity index (χ0v) is 11.8. The number of hydrogen-bond donors (Lipinski definition) is 2. The van der Waals surface area contributed by atoms with E-state index in [1.165, 1.54) is 0 Å². The van der Waals surface area contributed by atoms with Crippen LogP contribution in [0.5, 0.6) is 0 Å². The van der Waals surface area contributed by atoms with Crippen LogP contribution in [0.4, 0.5) is 0 Å². The Morgan fingerprint density at radius 2 is 2.12 bits per heavy atom. The summed E-state index contributed by atoms with van der Waals surface area (Å²) in [6, 6.07) is -0.390. The van der Waals surface area contributed by atoms with Gasteiger partial charge in [-0.25, -0.2) is 0 Å². The van der Waals surface area contributed by atoms with Gasteiger partial charge in [0.1, 0.15) is 0 Å². The van der Waals surface area contributed by atoms with Crippen molar-refractivity contribution >= 4 is 28.5 Å². The third kappa shape index (κ3) is 8.13. The Morgan fingerprint density at radius 3 is 2.62 bits per heavy atom. The molecule has 0 saturated heterocycles. The SMILES string of the molecule is CSCC[C@@H](N)C(=O)NC(C)CCS(C)=O. The van der Waals surface area contributed by atoms with Crippen LogP contribution in [0.25, 0.3) is 0 Å². The molecule has 0 spiro atoms. The minimum atomic E-state index is -0.802. The van der Waals surface area contributed by atoms with Gasteiger partial charge in [0.2, 0.25) is 5.91 Å². The maximum atomic E-state index is 11.6. The first kappa shape index (κ1) is 15.9. The molecule has 0 aliphatic carbocycles. The van der Waals surface area contributed by atoms with Gasteiger partial charge in [-0.3, -0.25) is 9.00 Å². The van der Waals surface area contributed by atoms with Crippen LogP contribution in [0.15, 0.2) is 0 Å². The predicted octanol–water partition coefficient (Wildman–Crippen LogP) is 0.340. The average molecular weight is 266 g/mol. The quantitative estimate of drug-likeness (QED) is 0.664. The molecule has 6 heteroatoms. The van der Waals surface area contributed by atoms with Gasteiger partial charge in [0.05, 0.1) is 6.04 Å². The molecular weight excluding hydrogens is 244 g/mol. The molecule has 1 amide bonds. The van der Waals surface area contributed by atoms with Gasteiger partial charge in [0.25, 0.3) is 0 Å². The van der Waals surface area contributed by atoms with E-state index < -0.39 is 16.8 Å². The summed E-state index contributed by atoms with van der Waals surface area (Å²) >= 11 is 1.68. The number of carbonyl (C=O) groups is 1. The number of thioether (sulfide) groups is 1. The van der Waals surface area contributed by atoms with Crippen LogP contribution in [0.1, 0.15) is 19.8 Å². The predicted molar refractivity (Wildman–Crippen MR) is 72.1 cm³/mol. The molecule has 2 unspecified atom stereocenters. The molecule has 0 aliphatic heterocycles. The molecule has 0 aromatic heterocycles. The van der Waals surface area contributed by atoms with Crippen LogP contribution < -0.4 is 11.1 Å². The van der Waals surface area contributed by atoms with E-state index in [4.69, 9.17) is 5.73 Å². The highest BCUT2D eigenvalue weighted by Crippen LogP contribution is 2.00. The van der Waals surface area contributed by atoms with E-state index in [-0.39, 0.29) is 11.9 Å². The maximum Gasteiger partial charge on any atom is 0.237 e. The Bertz CT molecular complexity index is 237. The van der Waals surface area contributed by atoms with E-state index in [1.807, 2.05) is 13.2 Å². The summed E-state index contributed by atoms with van der Waals surface area (Å²) in [5.74, 6) is 1.40. The first-order valence-corrected chi connectivity index (χ1v) is 8.44. The molecule has 0 rings (SSSR count). The first-order valence-electron chi connectivity index (χ1n) is 5.32. The summed E-state index contributed by atoms with van der Waals surface area (Å²) in [7, 11) is -0.802. The van der Waals surface area contributed by atoms with E-state index in [2.05, 4.69) is 5.32 Å². The van der Waals surface area contributed by atoms with Crippen LogP contribution in [0.2, 0.25) is 0 Å². The van der Waals surface area contributed by atoms with E-state index in [1.54, 1.807) is 18.0 Å². The van der Waals surface area contributed by atoms with Crippen molar-refractivity contribution in [3.05, 3.63) is 0 Å². The van der Waals surface area contributed by atoms with Crippen LogP contribution in [-0.2, 0) is 15.6 Å². The fourth-order valence-electron chi connectivity index (χ4n) is 1.14. The zero-order chi connectivity index (χ0) is 12.6. The molecule has 0 bridgehead atoms. The van der Waals surface area contributed by atoms with E-state index in [0.717, 1.165) is 12.2 Å². The van der Waals surface area contributed by atoms with Crippen molar-refractivity contribution in [1.29, 1.82) is 0 Å². The number of carbonyl (C=O) groups excluding carboxylic acids is 1. The Hall–Kier alpha value is -0.0700. The number of rotatable bonds is 8. The van der Waals surface area contributed by atoms with Crippen molar-refractivity contribution in [2.45, 2.75) is 31.8 Å². The Labute approximate surface area is 105 Å². The monoisotopic (exact) mass is 266 g/mol. The molecule has 4 nitrogen and oxygen atoms in total. The lowest BCUT2D eigenvalue weighted by Crippen LogP contribution is -2.45. The minimum Gasteiger partial charge on any atom is -0.352 e. The first-order chi connectivity index (χ1) is 7.47. The molecule has 0 heterocycles. The Morgan fingerprint density at radius 1 is 1.50 bits per heavy atom.